The lowest BCUT2D eigenvalue weighted by Gasteiger charge is -2.37. The van der Waals surface area contributed by atoms with E-state index in [4.69, 9.17) is 4.74 Å². The summed E-state index contributed by atoms with van der Waals surface area (Å²) >= 11 is 0. The van der Waals surface area contributed by atoms with E-state index in [0.717, 1.165) is 19.2 Å². The Balaban J connectivity index is 1.83. The highest BCUT2D eigenvalue weighted by Crippen LogP contribution is 2.19. The summed E-state index contributed by atoms with van der Waals surface area (Å²) in [7, 11) is 1.37. The van der Waals surface area contributed by atoms with E-state index in [1.807, 2.05) is 0 Å². The number of Topliss-reactive ketones (excluding diaryl/α,β-unsaturated/α-hetero) is 1. The van der Waals surface area contributed by atoms with Gasteiger partial charge in [-0.25, -0.2) is 4.39 Å². The van der Waals surface area contributed by atoms with Gasteiger partial charge >= 0.3 is 0 Å². The number of carbonyl (C=O) groups is 2. The summed E-state index contributed by atoms with van der Waals surface area (Å²) in [6.45, 7) is 7.40. The molecule has 0 N–H and O–H groups in total. The number of piperazine rings is 1. The second-order valence-electron chi connectivity index (χ2n) is 6.28. The molecule has 0 aromatic heterocycles. The molecule has 24 heavy (non-hydrogen) atoms. The van der Waals surface area contributed by atoms with Crippen LogP contribution in [0.15, 0.2) is 18.2 Å². The summed E-state index contributed by atoms with van der Waals surface area (Å²) < 4.78 is 18.5. The van der Waals surface area contributed by atoms with E-state index in [1.165, 1.54) is 19.2 Å². The van der Waals surface area contributed by atoms with Gasteiger partial charge in [-0.1, -0.05) is 0 Å². The van der Waals surface area contributed by atoms with E-state index in [0.29, 0.717) is 19.1 Å². The molecule has 2 rings (SSSR count). The van der Waals surface area contributed by atoms with Crippen molar-refractivity contribution in [2.24, 2.45) is 0 Å². The Hall–Kier alpha value is -1.95. The third-order valence-corrected chi connectivity index (χ3v) is 4.44. The number of hydrogen-bond acceptors (Lipinski definition) is 4. The molecule has 0 bridgehead atoms. The Bertz CT molecular complexity index is 596. The summed E-state index contributed by atoms with van der Waals surface area (Å²) in [5.41, 5.74) is 0.269. The fraction of sp³-hybridized carbons (Fsp3) is 0.556. The van der Waals surface area contributed by atoms with Crippen molar-refractivity contribution in [1.29, 1.82) is 0 Å². The average Bonchev–Trinajstić information content (AvgIpc) is 2.59. The lowest BCUT2D eigenvalue weighted by atomic mass is 10.1. The molecule has 0 aliphatic carbocycles. The number of nitrogens with zero attached hydrogens (tertiary/aromatic N) is 2. The number of hydrogen-bond donors (Lipinski definition) is 0. The second-order valence-corrected chi connectivity index (χ2v) is 6.28. The molecule has 1 saturated heterocycles. The van der Waals surface area contributed by atoms with Gasteiger partial charge in [-0.3, -0.25) is 14.5 Å². The molecule has 1 amide bonds. The van der Waals surface area contributed by atoms with Crippen molar-refractivity contribution in [1.82, 2.24) is 9.80 Å². The molecule has 0 saturated carbocycles. The van der Waals surface area contributed by atoms with Gasteiger partial charge in [0.1, 0.15) is 0 Å². The van der Waals surface area contributed by atoms with Crippen molar-refractivity contribution >= 4 is 11.7 Å². The van der Waals surface area contributed by atoms with Gasteiger partial charge < -0.3 is 9.64 Å². The monoisotopic (exact) mass is 336 g/mol. The van der Waals surface area contributed by atoms with Crippen molar-refractivity contribution in [3.63, 3.8) is 0 Å². The van der Waals surface area contributed by atoms with Crippen LogP contribution in [0.5, 0.6) is 5.75 Å². The number of ketones is 1. The maximum absolute atomic E-state index is 13.6. The summed E-state index contributed by atoms with van der Waals surface area (Å²) in [5.74, 6) is -0.711. The van der Waals surface area contributed by atoms with Gasteiger partial charge in [0.25, 0.3) is 0 Å². The molecule has 132 valence electrons. The normalized spacial score (nSPS) is 15.6. The maximum Gasteiger partial charge on any atom is 0.223 e. The largest absolute Gasteiger partial charge is 0.494 e. The summed E-state index contributed by atoms with van der Waals surface area (Å²) in [4.78, 5) is 28.5. The molecule has 0 radical (unpaired) electrons. The number of ether oxygens (including phenoxy) is 1. The molecule has 5 nitrogen and oxygen atoms in total. The number of amides is 1. The van der Waals surface area contributed by atoms with Gasteiger partial charge in [-0.15, -0.1) is 0 Å². The van der Waals surface area contributed by atoms with Gasteiger partial charge in [0, 0.05) is 50.6 Å². The third kappa shape index (κ3) is 4.54. The molecule has 1 heterocycles. The first-order chi connectivity index (χ1) is 11.4. The zero-order chi connectivity index (χ0) is 17.7. The molecule has 0 atom stereocenters. The van der Waals surface area contributed by atoms with Crippen LogP contribution in [0.25, 0.3) is 0 Å². The maximum atomic E-state index is 13.6. The van der Waals surface area contributed by atoms with Crippen LogP contribution in [0.2, 0.25) is 0 Å². The number of methoxy groups -OCH3 is 1. The minimum absolute atomic E-state index is 0.0132. The van der Waals surface area contributed by atoms with E-state index >= 15 is 0 Å². The van der Waals surface area contributed by atoms with E-state index in [1.54, 1.807) is 4.90 Å². The first-order valence-corrected chi connectivity index (χ1v) is 8.31. The molecule has 1 aromatic carbocycles. The lowest BCUT2D eigenvalue weighted by molar-refractivity contribution is -0.133. The fourth-order valence-corrected chi connectivity index (χ4v) is 2.85. The average molecular weight is 336 g/mol. The van der Waals surface area contributed by atoms with Crippen molar-refractivity contribution in [3.8, 4) is 5.75 Å². The van der Waals surface area contributed by atoms with Gasteiger partial charge in [-0.05, 0) is 32.0 Å². The molecule has 6 heteroatoms. The Morgan fingerprint density at radius 1 is 1.17 bits per heavy atom. The topological polar surface area (TPSA) is 49.9 Å². The predicted molar refractivity (Wildman–Crippen MR) is 89.8 cm³/mol. The van der Waals surface area contributed by atoms with E-state index in [2.05, 4.69) is 18.7 Å². The zero-order valence-electron chi connectivity index (χ0n) is 14.5. The highest BCUT2D eigenvalue weighted by molar-refractivity contribution is 5.98. The predicted octanol–water partition coefficient (Wildman–Crippen LogP) is 2.35. The van der Waals surface area contributed by atoms with Crippen molar-refractivity contribution in [2.45, 2.75) is 32.7 Å². The number of rotatable bonds is 6. The van der Waals surface area contributed by atoms with Crippen LogP contribution in [-0.4, -0.2) is 60.8 Å². The first-order valence-electron chi connectivity index (χ1n) is 8.31. The highest BCUT2D eigenvalue weighted by Gasteiger charge is 2.23. The van der Waals surface area contributed by atoms with Crippen molar-refractivity contribution < 1.29 is 18.7 Å². The van der Waals surface area contributed by atoms with Crippen LogP contribution in [-0.2, 0) is 4.79 Å². The molecule has 1 aliphatic rings. The molecular formula is C18H25FN2O3. The summed E-state index contributed by atoms with van der Waals surface area (Å²) in [6.07, 6.45) is 0.253. The van der Waals surface area contributed by atoms with Crippen LogP contribution in [0, 0.1) is 5.82 Å². The van der Waals surface area contributed by atoms with Crippen LogP contribution in [0.4, 0.5) is 4.39 Å². The third-order valence-electron chi connectivity index (χ3n) is 4.44. The first kappa shape index (κ1) is 18.4. The number of carbonyl (C=O) groups excluding carboxylic acids is 2. The molecule has 1 aromatic rings. The van der Waals surface area contributed by atoms with Crippen LogP contribution >= 0.6 is 0 Å². The van der Waals surface area contributed by atoms with E-state index in [9.17, 15) is 14.0 Å². The molecular weight excluding hydrogens is 311 g/mol. The standard InChI is InChI=1S/C18H25FN2O3/c1-13(2)20-8-10-21(11-9-20)18(23)7-5-16(22)14-4-6-17(24-3)15(19)12-14/h4,6,12-13H,5,7-11H2,1-3H3. The summed E-state index contributed by atoms with van der Waals surface area (Å²) in [6, 6.07) is 4.59. The SMILES string of the molecule is COc1ccc(C(=O)CCC(=O)N2CCN(C(C)C)CC2)cc1F. The zero-order valence-corrected chi connectivity index (χ0v) is 14.5. The lowest BCUT2D eigenvalue weighted by Crippen LogP contribution is -2.50. The van der Waals surface area contributed by atoms with Gasteiger partial charge in [0.05, 0.1) is 7.11 Å². The Morgan fingerprint density at radius 3 is 2.38 bits per heavy atom. The Morgan fingerprint density at radius 2 is 1.83 bits per heavy atom. The highest BCUT2D eigenvalue weighted by atomic mass is 19.1. The molecule has 0 unspecified atom stereocenters. The fourth-order valence-electron chi connectivity index (χ4n) is 2.85. The minimum atomic E-state index is -0.570. The van der Waals surface area contributed by atoms with Crippen molar-refractivity contribution in [3.05, 3.63) is 29.6 Å². The Kier molecular flexibility index (Phi) is 6.31. The van der Waals surface area contributed by atoms with Gasteiger partial charge in [0.2, 0.25) is 5.91 Å². The second kappa shape index (κ2) is 8.24. The quantitative estimate of drug-likeness (QED) is 0.748. The van der Waals surface area contributed by atoms with E-state index in [-0.39, 0.29) is 35.8 Å². The van der Waals surface area contributed by atoms with E-state index < -0.39 is 5.82 Å². The molecule has 1 fully saturated rings. The van der Waals surface area contributed by atoms with Crippen LogP contribution < -0.4 is 4.74 Å². The number of halogens is 1. The smallest absolute Gasteiger partial charge is 0.223 e. The van der Waals surface area contributed by atoms with Gasteiger partial charge in [0.15, 0.2) is 17.3 Å². The van der Waals surface area contributed by atoms with Gasteiger partial charge in [-0.2, -0.15) is 0 Å². The van der Waals surface area contributed by atoms with Crippen molar-refractivity contribution in [2.75, 3.05) is 33.3 Å². The molecule has 0 spiro atoms. The molecule has 1 aliphatic heterocycles. The Labute approximate surface area is 142 Å². The van der Waals surface area contributed by atoms with Crippen LogP contribution in [0.1, 0.15) is 37.0 Å². The summed E-state index contributed by atoms with van der Waals surface area (Å²) in [5, 5.41) is 0. The number of benzene rings is 1. The van der Waals surface area contributed by atoms with Crippen LogP contribution in [0.3, 0.4) is 0 Å². The minimum Gasteiger partial charge on any atom is -0.494 e.